The lowest BCUT2D eigenvalue weighted by molar-refractivity contribution is -0.141. The number of carbonyl (C=O) groups is 1. The molecule has 1 fully saturated rings. The third kappa shape index (κ3) is 3.49. The van der Waals surface area contributed by atoms with Gasteiger partial charge < -0.3 is 5.32 Å². The van der Waals surface area contributed by atoms with E-state index in [0.717, 1.165) is 41.9 Å². The summed E-state index contributed by atoms with van der Waals surface area (Å²) in [5.74, 6) is -0.299. The Morgan fingerprint density at radius 1 is 1.18 bits per heavy atom. The predicted molar refractivity (Wildman–Crippen MR) is 97.8 cm³/mol. The Hall–Kier alpha value is -3.16. The van der Waals surface area contributed by atoms with Crippen molar-refractivity contribution in [3.63, 3.8) is 0 Å². The zero-order chi connectivity index (χ0) is 19.9. The summed E-state index contributed by atoms with van der Waals surface area (Å²) >= 11 is 0. The van der Waals surface area contributed by atoms with Gasteiger partial charge in [0.1, 0.15) is 5.69 Å². The number of benzene rings is 1. The van der Waals surface area contributed by atoms with E-state index in [9.17, 15) is 18.0 Å². The molecule has 1 saturated carbocycles. The summed E-state index contributed by atoms with van der Waals surface area (Å²) in [6.07, 6.45) is -1.64. The lowest BCUT2D eigenvalue weighted by atomic mass is 10.0. The Bertz CT molecular complexity index is 1020. The van der Waals surface area contributed by atoms with Gasteiger partial charge in [-0.05, 0) is 30.9 Å². The zero-order valence-corrected chi connectivity index (χ0v) is 15.0. The highest BCUT2D eigenvalue weighted by molar-refractivity contribution is 6.05. The highest BCUT2D eigenvalue weighted by Crippen LogP contribution is 2.46. The van der Waals surface area contributed by atoms with Crippen LogP contribution in [-0.2, 0) is 13.2 Å². The molecule has 0 unspecified atom stereocenters. The number of alkyl halides is 3. The van der Waals surface area contributed by atoms with Gasteiger partial charge in [-0.3, -0.25) is 14.5 Å². The minimum absolute atomic E-state index is 0.0287. The number of hydrogen-bond acceptors (Lipinski definition) is 3. The minimum Gasteiger partial charge on any atom is -0.320 e. The largest absolute Gasteiger partial charge is 0.433 e. The number of aryl methyl sites for hydroxylation is 1. The van der Waals surface area contributed by atoms with Crippen LogP contribution in [0, 0.1) is 0 Å². The number of nitrogens with one attached hydrogen (secondary N) is 1. The predicted octanol–water partition coefficient (Wildman–Crippen LogP) is 4.63. The Labute approximate surface area is 159 Å². The first-order valence-electron chi connectivity index (χ1n) is 8.81. The molecule has 2 heterocycles. The lowest BCUT2D eigenvalue weighted by Gasteiger charge is -2.09. The van der Waals surface area contributed by atoms with Gasteiger partial charge in [0.2, 0.25) is 0 Å². The first-order valence-corrected chi connectivity index (χ1v) is 8.81. The molecule has 144 valence electrons. The standard InChI is InChI=1S/C20H17F3N4O/c1-27-18(13-5-3-2-4-6-13)16(12-7-8-12)17(26-27)19(28)25-14-9-10-24-15(11-14)20(21,22)23/h2-6,9-12H,7-8H2,1H3,(H,24,25,28). The van der Waals surface area contributed by atoms with Crippen molar-refractivity contribution in [3.05, 3.63) is 65.6 Å². The fourth-order valence-corrected chi connectivity index (χ4v) is 3.26. The van der Waals surface area contributed by atoms with E-state index >= 15 is 0 Å². The topological polar surface area (TPSA) is 59.8 Å². The second-order valence-corrected chi connectivity index (χ2v) is 6.76. The average molecular weight is 386 g/mol. The highest BCUT2D eigenvalue weighted by atomic mass is 19.4. The Kier molecular flexibility index (Phi) is 4.41. The Balaban J connectivity index is 1.69. The number of carbonyl (C=O) groups excluding carboxylic acids is 1. The molecule has 8 heteroatoms. The van der Waals surface area contributed by atoms with Crippen LogP contribution in [0.2, 0.25) is 0 Å². The van der Waals surface area contributed by atoms with Gasteiger partial charge in [0.05, 0.1) is 5.69 Å². The summed E-state index contributed by atoms with van der Waals surface area (Å²) < 4.78 is 40.2. The number of rotatable bonds is 4. The molecule has 2 aromatic heterocycles. The molecule has 0 spiro atoms. The third-order valence-corrected chi connectivity index (χ3v) is 4.64. The molecular weight excluding hydrogens is 369 g/mol. The van der Waals surface area contributed by atoms with Gasteiger partial charge in [0.15, 0.2) is 5.69 Å². The molecule has 0 aliphatic heterocycles. The van der Waals surface area contributed by atoms with Gasteiger partial charge in [-0.15, -0.1) is 0 Å². The summed E-state index contributed by atoms with van der Waals surface area (Å²) in [5.41, 5.74) is 1.87. The first kappa shape index (κ1) is 18.2. The van der Waals surface area contributed by atoms with Crippen molar-refractivity contribution < 1.29 is 18.0 Å². The normalized spacial score (nSPS) is 14.1. The van der Waals surface area contributed by atoms with Crippen LogP contribution in [0.5, 0.6) is 0 Å². The van der Waals surface area contributed by atoms with Crippen LogP contribution in [0.25, 0.3) is 11.3 Å². The summed E-state index contributed by atoms with van der Waals surface area (Å²) in [4.78, 5) is 16.1. The van der Waals surface area contributed by atoms with E-state index in [1.165, 1.54) is 6.07 Å². The zero-order valence-electron chi connectivity index (χ0n) is 15.0. The van der Waals surface area contributed by atoms with Gasteiger partial charge in [0, 0.05) is 30.1 Å². The van der Waals surface area contributed by atoms with E-state index in [2.05, 4.69) is 15.4 Å². The molecule has 1 aromatic carbocycles. The van der Waals surface area contributed by atoms with Crippen molar-refractivity contribution in [1.82, 2.24) is 14.8 Å². The minimum atomic E-state index is -4.58. The third-order valence-electron chi connectivity index (χ3n) is 4.64. The first-order chi connectivity index (χ1) is 13.3. The van der Waals surface area contributed by atoms with E-state index in [1.54, 1.807) is 11.7 Å². The number of amides is 1. The molecular formula is C20H17F3N4O. The summed E-state index contributed by atoms with van der Waals surface area (Å²) in [6.45, 7) is 0. The van der Waals surface area contributed by atoms with Crippen LogP contribution in [0.3, 0.4) is 0 Å². The average Bonchev–Trinajstić information content (AvgIpc) is 3.44. The molecule has 28 heavy (non-hydrogen) atoms. The van der Waals surface area contributed by atoms with Crippen molar-refractivity contribution in [2.75, 3.05) is 5.32 Å². The molecule has 1 N–H and O–H groups in total. The van der Waals surface area contributed by atoms with Gasteiger partial charge in [-0.25, -0.2) is 0 Å². The lowest BCUT2D eigenvalue weighted by Crippen LogP contribution is -2.16. The number of halogens is 3. The van der Waals surface area contributed by atoms with Gasteiger partial charge in [-0.2, -0.15) is 18.3 Å². The number of pyridine rings is 1. The second-order valence-electron chi connectivity index (χ2n) is 6.76. The molecule has 0 bridgehead atoms. The van der Waals surface area contributed by atoms with Crippen molar-refractivity contribution in [2.45, 2.75) is 24.9 Å². The quantitative estimate of drug-likeness (QED) is 0.711. The summed E-state index contributed by atoms with van der Waals surface area (Å²) in [7, 11) is 1.76. The molecule has 0 saturated heterocycles. The van der Waals surface area contributed by atoms with Crippen molar-refractivity contribution in [1.29, 1.82) is 0 Å². The van der Waals surface area contributed by atoms with Crippen molar-refractivity contribution in [3.8, 4) is 11.3 Å². The number of aromatic nitrogens is 3. The van der Waals surface area contributed by atoms with E-state index in [0.29, 0.717) is 0 Å². The molecule has 0 radical (unpaired) electrons. The molecule has 4 rings (SSSR count). The molecule has 0 atom stereocenters. The van der Waals surface area contributed by atoms with Crippen molar-refractivity contribution in [2.24, 2.45) is 7.05 Å². The van der Waals surface area contributed by atoms with Gasteiger partial charge >= 0.3 is 6.18 Å². The van der Waals surface area contributed by atoms with Crippen LogP contribution in [-0.4, -0.2) is 20.7 Å². The van der Waals surface area contributed by atoms with E-state index in [-0.39, 0.29) is 17.3 Å². The maximum absolute atomic E-state index is 12.9. The Morgan fingerprint density at radius 2 is 1.89 bits per heavy atom. The smallest absolute Gasteiger partial charge is 0.320 e. The summed E-state index contributed by atoms with van der Waals surface area (Å²) in [5, 5.41) is 6.91. The molecule has 1 aliphatic carbocycles. The van der Waals surface area contributed by atoms with Crippen molar-refractivity contribution >= 4 is 11.6 Å². The van der Waals surface area contributed by atoms with Crippen LogP contribution >= 0.6 is 0 Å². The van der Waals surface area contributed by atoms with Crippen LogP contribution in [0.15, 0.2) is 48.7 Å². The van der Waals surface area contributed by atoms with E-state index in [1.807, 2.05) is 30.3 Å². The SMILES string of the molecule is Cn1nc(C(=O)Nc2ccnc(C(F)(F)F)c2)c(C2CC2)c1-c1ccccc1. The molecule has 1 aliphatic rings. The van der Waals surface area contributed by atoms with Gasteiger partial charge in [-0.1, -0.05) is 30.3 Å². The van der Waals surface area contributed by atoms with E-state index in [4.69, 9.17) is 0 Å². The highest BCUT2D eigenvalue weighted by Gasteiger charge is 2.35. The number of anilines is 1. The fraction of sp³-hybridized carbons (Fsp3) is 0.250. The van der Waals surface area contributed by atoms with Gasteiger partial charge in [0.25, 0.3) is 5.91 Å². The molecule has 5 nitrogen and oxygen atoms in total. The summed E-state index contributed by atoms with van der Waals surface area (Å²) in [6, 6.07) is 11.8. The number of nitrogens with zero attached hydrogens (tertiary/aromatic N) is 3. The molecule has 1 amide bonds. The van der Waals surface area contributed by atoms with Crippen LogP contribution in [0.4, 0.5) is 18.9 Å². The maximum atomic E-state index is 12.9. The fourth-order valence-electron chi connectivity index (χ4n) is 3.26. The number of hydrogen-bond donors (Lipinski definition) is 1. The monoisotopic (exact) mass is 386 g/mol. The van der Waals surface area contributed by atoms with Crippen LogP contribution in [0.1, 0.15) is 40.5 Å². The Morgan fingerprint density at radius 3 is 2.54 bits per heavy atom. The van der Waals surface area contributed by atoms with E-state index < -0.39 is 17.8 Å². The second kappa shape index (κ2) is 6.78. The maximum Gasteiger partial charge on any atom is 0.433 e. The molecule has 3 aromatic rings. The van der Waals surface area contributed by atoms with Crippen LogP contribution < -0.4 is 5.32 Å².